The first kappa shape index (κ1) is 16.4. The van der Waals surface area contributed by atoms with E-state index in [-0.39, 0.29) is 5.38 Å². The van der Waals surface area contributed by atoms with Gasteiger partial charge in [-0.1, -0.05) is 6.07 Å². The lowest BCUT2D eigenvalue weighted by molar-refractivity contribution is -0.0266. The molecule has 118 valence electrons. The average Bonchev–Trinajstić information content (AvgIpc) is 2.45. The Balaban J connectivity index is 1.81. The Bertz CT molecular complexity index is 444. The number of hydrogen-bond acceptors (Lipinski definition) is 3. The molecule has 0 saturated heterocycles. The summed E-state index contributed by atoms with van der Waals surface area (Å²) in [4.78, 5) is 0. The smallest absolute Gasteiger partial charge is 0.160 e. The zero-order valence-corrected chi connectivity index (χ0v) is 13.9. The standard InChI is InChI=1S/C17H25ClO3/c1-4-21-15-9-13(10-15)8-14(18)7-12-5-6-16(19-2)17(11-12)20-3/h5-6,11,13-15H,4,7-10H2,1-3H3. The van der Waals surface area contributed by atoms with Crippen LogP contribution in [0.2, 0.25) is 0 Å². The molecule has 1 unspecified atom stereocenters. The van der Waals surface area contributed by atoms with Gasteiger partial charge in [-0.05, 0) is 56.2 Å². The van der Waals surface area contributed by atoms with Crippen LogP contribution in [0.3, 0.4) is 0 Å². The summed E-state index contributed by atoms with van der Waals surface area (Å²) >= 11 is 6.50. The first-order chi connectivity index (χ1) is 10.2. The van der Waals surface area contributed by atoms with Gasteiger partial charge in [-0.3, -0.25) is 0 Å². The highest BCUT2D eigenvalue weighted by Gasteiger charge is 2.30. The molecule has 0 spiro atoms. The van der Waals surface area contributed by atoms with E-state index in [2.05, 4.69) is 13.0 Å². The molecule has 3 nitrogen and oxygen atoms in total. The van der Waals surface area contributed by atoms with Crippen molar-refractivity contribution in [2.75, 3.05) is 20.8 Å². The Kier molecular flexibility index (Phi) is 6.19. The van der Waals surface area contributed by atoms with E-state index in [9.17, 15) is 0 Å². The molecule has 0 aliphatic heterocycles. The lowest BCUT2D eigenvalue weighted by Gasteiger charge is -2.36. The van der Waals surface area contributed by atoms with Crippen LogP contribution in [0, 0.1) is 5.92 Å². The van der Waals surface area contributed by atoms with E-state index in [1.807, 2.05) is 12.1 Å². The number of ether oxygens (including phenoxy) is 3. The van der Waals surface area contributed by atoms with Crippen LogP contribution < -0.4 is 9.47 Å². The fraction of sp³-hybridized carbons (Fsp3) is 0.647. The van der Waals surface area contributed by atoms with Crippen LogP contribution in [0.25, 0.3) is 0 Å². The molecule has 4 heteroatoms. The maximum atomic E-state index is 6.50. The van der Waals surface area contributed by atoms with Crippen LogP contribution in [-0.2, 0) is 11.2 Å². The molecular weight excluding hydrogens is 288 g/mol. The Morgan fingerprint density at radius 1 is 1.19 bits per heavy atom. The highest BCUT2D eigenvalue weighted by molar-refractivity contribution is 6.20. The lowest BCUT2D eigenvalue weighted by atomic mass is 9.78. The van der Waals surface area contributed by atoms with Gasteiger partial charge in [-0.15, -0.1) is 11.6 Å². The third kappa shape index (κ3) is 4.52. The van der Waals surface area contributed by atoms with Crippen molar-refractivity contribution in [1.29, 1.82) is 0 Å². The molecule has 0 N–H and O–H groups in total. The van der Waals surface area contributed by atoms with Crippen molar-refractivity contribution in [2.45, 2.75) is 44.1 Å². The summed E-state index contributed by atoms with van der Waals surface area (Å²) < 4.78 is 16.2. The third-order valence-electron chi connectivity index (χ3n) is 4.09. The molecule has 21 heavy (non-hydrogen) atoms. The fourth-order valence-corrected chi connectivity index (χ4v) is 3.38. The van der Waals surface area contributed by atoms with Gasteiger partial charge >= 0.3 is 0 Å². The molecule has 1 atom stereocenters. The maximum Gasteiger partial charge on any atom is 0.160 e. The second-order valence-corrected chi connectivity index (χ2v) is 6.26. The minimum Gasteiger partial charge on any atom is -0.493 e. The molecule has 0 heterocycles. The largest absolute Gasteiger partial charge is 0.493 e. The maximum absolute atomic E-state index is 6.50. The van der Waals surface area contributed by atoms with Crippen molar-refractivity contribution in [3.8, 4) is 11.5 Å². The Labute approximate surface area is 132 Å². The van der Waals surface area contributed by atoms with E-state index in [4.69, 9.17) is 25.8 Å². The molecule has 0 bridgehead atoms. The molecule has 1 aliphatic carbocycles. The van der Waals surface area contributed by atoms with Crippen LogP contribution in [-0.4, -0.2) is 32.3 Å². The first-order valence-electron chi connectivity index (χ1n) is 7.62. The van der Waals surface area contributed by atoms with Gasteiger partial charge in [0, 0.05) is 12.0 Å². The second kappa shape index (κ2) is 7.90. The predicted molar refractivity (Wildman–Crippen MR) is 85.6 cm³/mol. The summed E-state index contributed by atoms with van der Waals surface area (Å²) in [6.07, 6.45) is 4.69. The summed E-state index contributed by atoms with van der Waals surface area (Å²) in [6, 6.07) is 6.00. The van der Waals surface area contributed by atoms with E-state index in [0.29, 0.717) is 12.0 Å². The minimum atomic E-state index is 0.163. The molecule has 1 saturated carbocycles. The number of alkyl halides is 1. The highest BCUT2D eigenvalue weighted by Crippen LogP contribution is 2.36. The van der Waals surface area contributed by atoms with Crippen LogP contribution >= 0.6 is 11.6 Å². The van der Waals surface area contributed by atoms with Gasteiger partial charge in [0.15, 0.2) is 11.5 Å². The van der Waals surface area contributed by atoms with E-state index in [0.717, 1.165) is 43.8 Å². The van der Waals surface area contributed by atoms with Gasteiger partial charge < -0.3 is 14.2 Å². The van der Waals surface area contributed by atoms with Crippen molar-refractivity contribution >= 4 is 11.6 Å². The first-order valence-corrected chi connectivity index (χ1v) is 8.06. The molecule has 2 rings (SSSR count). The van der Waals surface area contributed by atoms with Gasteiger partial charge in [0.05, 0.1) is 20.3 Å². The molecule has 1 aliphatic rings. The summed E-state index contributed by atoms with van der Waals surface area (Å²) in [5.74, 6) is 2.23. The molecule has 0 aromatic heterocycles. The van der Waals surface area contributed by atoms with Crippen LogP contribution in [0.15, 0.2) is 18.2 Å². The zero-order valence-electron chi connectivity index (χ0n) is 13.1. The number of benzene rings is 1. The molecule has 1 fully saturated rings. The second-order valence-electron chi connectivity index (χ2n) is 5.64. The number of rotatable bonds is 8. The SMILES string of the molecule is CCOC1CC(CC(Cl)Cc2ccc(OC)c(OC)c2)C1. The fourth-order valence-electron chi connectivity index (χ4n) is 2.95. The van der Waals surface area contributed by atoms with E-state index < -0.39 is 0 Å². The van der Waals surface area contributed by atoms with Crippen LogP contribution in [0.1, 0.15) is 31.7 Å². The summed E-state index contributed by atoms with van der Waals surface area (Å²) in [7, 11) is 3.30. The topological polar surface area (TPSA) is 27.7 Å². The average molecular weight is 313 g/mol. The van der Waals surface area contributed by atoms with E-state index >= 15 is 0 Å². The van der Waals surface area contributed by atoms with Gasteiger partial charge in [-0.2, -0.15) is 0 Å². The van der Waals surface area contributed by atoms with Gasteiger partial charge in [-0.25, -0.2) is 0 Å². The molecule has 1 aromatic carbocycles. The number of hydrogen-bond donors (Lipinski definition) is 0. The van der Waals surface area contributed by atoms with E-state index in [1.54, 1.807) is 14.2 Å². The van der Waals surface area contributed by atoms with Crippen LogP contribution in [0.4, 0.5) is 0 Å². The van der Waals surface area contributed by atoms with Crippen molar-refractivity contribution < 1.29 is 14.2 Å². The van der Waals surface area contributed by atoms with Crippen molar-refractivity contribution in [2.24, 2.45) is 5.92 Å². The molecule has 0 amide bonds. The van der Waals surface area contributed by atoms with Gasteiger partial charge in [0.1, 0.15) is 0 Å². The Morgan fingerprint density at radius 2 is 1.90 bits per heavy atom. The predicted octanol–water partition coefficient (Wildman–Crippen LogP) is 4.06. The summed E-state index contributed by atoms with van der Waals surface area (Å²) in [5, 5.41) is 0.163. The zero-order chi connectivity index (χ0) is 15.2. The molecule has 0 radical (unpaired) electrons. The van der Waals surface area contributed by atoms with Gasteiger partial charge in [0.2, 0.25) is 0 Å². The Hall–Kier alpha value is -0.930. The van der Waals surface area contributed by atoms with Crippen molar-refractivity contribution in [3.05, 3.63) is 23.8 Å². The van der Waals surface area contributed by atoms with Crippen LogP contribution in [0.5, 0.6) is 11.5 Å². The Morgan fingerprint density at radius 3 is 2.52 bits per heavy atom. The van der Waals surface area contributed by atoms with Crippen molar-refractivity contribution in [3.63, 3.8) is 0 Å². The number of halogens is 1. The molecule has 1 aromatic rings. The number of methoxy groups -OCH3 is 2. The van der Waals surface area contributed by atoms with Gasteiger partial charge in [0.25, 0.3) is 0 Å². The summed E-state index contributed by atoms with van der Waals surface area (Å²) in [6.45, 7) is 2.86. The highest BCUT2D eigenvalue weighted by atomic mass is 35.5. The monoisotopic (exact) mass is 312 g/mol. The molecular formula is C17H25ClO3. The third-order valence-corrected chi connectivity index (χ3v) is 4.42. The lowest BCUT2D eigenvalue weighted by Crippen LogP contribution is -2.33. The normalized spacial score (nSPS) is 22.5. The summed E-state index contributed by atoms with van der Waals surface area (Å²) in [5.41, 5.74) is 1.19. The van der Waals surface area contributed by atoms with Crippen molar-refractivity contribution in [1.82, 2.24) is 0 Å². The van der Waals surface area contributed by atoms with E-state index in [1.165, 1.54) is 5.56 Å². The quantitative estimate of drug-likeness (QED) is 0.678. The minimum absolute atomic E-state index is 0.163.